The van der Waals surface area contributed by atoms with Gasteiger partial charge in [-0.15, -0.1) is 0 Å². The summed E-state index contributed by atoms with van der Waals surface area (Å²) < 4.78 is 11.9. The first-order valence-electron chi connectivity index (χ1n) is 6.58. The lowest BCUT2D eigenvalue weighted by Crippen LogP contribution is -2.41. The van der Waals surface area contributed by atoms with Crippen molar-refractivity contribution >= 4 is 18.6 Å². The quantitative estimate of drug-likeness (QED) is 0.808. The molecule has 108 valence electrons. The Morgan fingerprint density at radius 3 is 2.30 bits per heavy atom. The van der Waals surface area contributed by atoms with Crippen LogP contribution in [0.15, 0.2) is 24.3 Å². The molecule has 5 nitrogen and oxygen atoms in total. The second kappa shape index (κ2) is 4.88. The van der Waals surface area contributed by atoms with Crippen molar-refractivity contribution in [2.45, 2.75) is 44.9 Å². The van der Waals surface area contributed by atoms with E-state index in [9.17, 15) is 4.79 Å². The normalized spacial score (nSPS) is 21.8. The Bertz CT molecular complexity index is 514. The molecule has 2 rings (SSSR count). The highest BCUT2D eigenvalue weighted by Gasteiger charge is 2.51. The molecule has 1 heterocycles. The van der Waals surface area contributed by atoms with Crippen LogP contribution < -0.4 is 11.2 Å². The second-order valence-corrected chi connectivity index (χ2v) is 6.07. The van der Waals surface area contributed by atoms with E-state index in [1.54, 1.807) is 18.2 Å². The molecule has 3 N–H and O–H groups in total. The Morgan fingerprint density at radius 1 is 1.25 bits per heavy atom. The van der Waals surface area contributed by atoms with Crippen molar-refractivity contribution < 1.29 is 19.2 Å². The van der Waals surface area contributed by atoms with Gasteiger partial charge in [-0.1, -0.05) is 24.3 Å². The minimum absolute atomic E-state index is 0.428. The molecule has 0 radical (unpaired) electrons. The van der Waals surface area contributed by atoms with Crippen molar-refractivity contribution in [3.05, 3.63) is 29.8 Å². The molecule has 1 fully saturated rings. The van der Waals surface area contributed by atoms with Crippen molar-refractivity contribution in [3.63, 3.8) is 0 Å². The van der Waals surface area contributed by atoms with Crippen molar-refractivity contribution in [2.75, 3.05) is 0 Å². The van der Waals surface area contributed by atoms with Gasteiger partial charge in [0.1, 0.15) is 6.04 Å². The van der Waals surface area contributed by atoms with E-state index in [1.807, 2.05) is 33.8 Å². The van der Waals surface area contributed by atoms with Crippen LogP contribution in [-0.2, 0) is 14.1 Å². The maximum Gasteiger partial charge on any atom is 0.494 e. The highest BCUT2D eigenvalue weighted by atomic mass is 16.7. The summed E-state index contributed by atoms with van der Waals surface area (Å²) >= 11 is 0. The summed E-state index contributed by atoms with van der Waals surface area (Å²) in [5, 5.41) is 8.97. The van der Waals surface area contributed by atoms with E-state index in [0.717, 1.165) is 5.46 Å². The van der Waals surface area contributed by atoms with E-state index in [-0.39, 0.29) is 0 Å². The minimum atomic E-state index is -1.06. The van der Waals surface area contributed by atoms with Crippen molar-refractivity contribution in [1.82, 2.24) is 0 Å². The second-order valence-electron chi connectivity index (χ2n) is 6.07. The molecule has 0 aliphatic carbocycles. The molecule has 1 aromatic rings. The topological polar surface area (TPSA) is 81.8 Å². The van der Waals surface area contributed by atoms with Gasteiger partial charge in [-0.2, -0.15) is 0 Å². The molecule has 20 heavy (non-hydrogen) atoms. The SMILES string of the molecule is CC1(C)OB(c2cccc(C(N)C(=O)O)c2)OC1(C)C. The van der Waals surface area contributed by atoms with Gasteiger partial charge in [0.2, 0.25) is 0 Å². The summed E-state index contributed by atoms with van der Waals surface area (Å²) in [7, 11) is -0.513. The molecule has 0 aromatic heterocycles. The van der Waals surface area contributed by atoms with E-state index >= 15 is 0 Å². The van der Waals surface area contributed by atoms with Crippen molar-refractivity contribution in [1.29, 1.82) is 0 Å². The average molecular weight is 277 g/mol. The molecule has 1 atom stereocenters. The summed E-state index contributed by atoms with van der Waals surface area (Å²) in [4.78, 5) is 11.0. The number of benzene rings is 1. The highest BCUT2D eigenvalue weighted by Crippen LogP contribution is 2.36. The van der Waals surface area contributed by atoms with Crippen LogP contribution in [0.2, 0.25) is 0 Å². The fourth-order valence-electron chi connectivity index (χ4n) is 2.02. The highest BCUT2D eigenvalue weighted by molar-refractivity contribution is 6.62. The number of hydrogen-bond acceptors (Lipinski definition) is 4. The van der Waals surface area contributed by atoms with Gasteiger partial charge in [-0.3, -0.25) is 4.79 Å². The first-order chi connectivity index (χ1) is 9.14. The number of nitrogens with two attached hydrogens (primary N) is 1. The minimum Gasteiger partial charge on any atom is -0.480 e. The van der Waals surface area contributed by atoms with Gasteiger partial charge in [0.05, 0.1) is 11.2 Å². The standard InChI is InChI=1S/C14H20BNO4/c1-13(2)14(3,4)20-15(19-13)10-7-5-6-9(8-10)11(16)12(17)18/h5-8,11H,16H2,1-4H3,(H,17,18). The molecular formula is C14H20BNO4. The van der Waals surface area contributed by atoms with Crippen molar-refractivity contribution in [3.8, 4) is 0 Å². The van der Waals surface area contributed by atoms with Crippen LogP contribution in [-0.4, -0.2) is 29.4 Å². The third-order valence-corrected chi connectivity index (χ3v) is 4.06. The third-order valence-electron chi connectivity index (χ3n) is 4.06. The molecule has 1 aliphatic heterocycles. The van der Waals surface area contributed by atoms with Crippen LogP contribution in [0.3, 0.4) is 0 Å². The van der Waals surface area contributed by atoms with Crippen LogP contribution in [0, 0.1) is 0 Å². The number of aliphatic carboxylic acids is 1. The van der Waals surface area contributed by atoms with E-state index in [1.165, 1.54) is 0 Å². The molecule has 0 saturated carbocycles. The Balaban J connectivity index is 2.28. The first-order valence-corrected chi connectivity index (χ1v) is 6.58. The van der Waals surface area contributed by atoms with Gasteiger partial charge in [0, 0.05) is 0 Å². The summed E-state index contributed by atoms with van der Waals surface area (Å²) in [5.41, 5.74) is 6.08. The van der Waals surface area contributed by atoms with Gasteiger partial charge >= 0.3 is 13.1 Å². The van der Waals surface area contributed by atoms with E-state index in [0.29, 0.717) is 5.56 Å². The van der Waals surface area contributed by atoms with Gasteiger partial charge in [0.15, 0.2) is 0 Å². The van der Waals surface area contributed by atoms with E-state index < -0.39 is 30.3 Å². The maximum absolute atomic E-state index is 11.0. The zero-order valence-electron chi connectivity index (χ0n) is 12.2. The largest absolute Gasteiger partial charge is 0.494 e. The Labute approximate surface area is 119 Å². The van der Waals surface area contributed by atoms with Crippen LogP contribution in [0.25, 0.3) is 0 Å². The lowest BCUT2D eigenvalue weighted by atomic mass is 9.78. The third kappa shape index (κ3) is 2.59. The maximum atomic E-state index is 11.0. The Morgan fingerprint density at radius 2 is 1.80 bits per heavy atom. The predicted octanol–water partition coefficient (Wildman–Crippen LogP) is 1.07. The van der Waals surface area contributed by atoms with E-state index in [2.05, 4.69) is 0 Å². The zero-order valence-corrected chi connectivity index (χ0v) is 12.2. The molecular weight excluding hydrogens is 257 g/mol. The first kappa shape index (κ1) is 15.0. The molecule has 0 bridgehead atoms. The monoisotopic (exact) mass is 277 g/mol. The van der Waals surface area contributed by atoms with Crippen LogP contribution in [0.4, 0.5) is 0 Å². The smallest absolute Gasteiger partial charge is 0.480 e. The number of carbonyl (C=O) groups is 1. The van der Waals surface area contributed by atoms with Gasteiger partial charge in [-0.05, 0) is 38.7 Å². The van der Waals surface area contributed by atoms with Crippen LogP contribution in [0.1, 0.15) is 39.3 Å². The lowest BCUT2D eigenvalue weighted by molar-refractivity contribution is -0.138. The number of hydrogen-bond donors (Lipinski definition) is 2. The molecule has 1 aliphatic rings. The molecule has 6 heteroatoms. The van der Waals surface area contributed by atoms with Crippen molar-refractivity contribution in [2.24, 2.45) is 5.73 Å². The summed E-state index contributed by atoms with van der Waals surface area (Å²) in [6.45, 7) is 7.89. The fraction of sp³-hybridized carbons (Fsp3) is 0.500. The molecule has 1 aromatic carbocycles. The van der Waals surface area contributed by atoms with Crippen LogP contribution in [0.5, 0.6) is 0 Å². The summed E-state index contributed by atoms with van der Waals surface area (Å²) in [6.07, 6.45) is 0. The Kier molecular flexibility index (Phi) is 3.66. The molecule has 1 saturated heterocycles. The average Bonchev–Trinajstić information content (AvgIpc) is 2.57. The lowest BCUT2D eigenvalue weighted by Gasteiger charge is -2.32. The van der Waals surface area contributed by atoms with E-state index in [4.69, 9.17) is 20.1 Å². The number of rotatable bonds is 3. The van der Waals surface area contributed by atoms with Gasteiger partial charge in [-0.25, -0.2) is 0 Å². The number of carboxylic acids is 1. The van der Waals surface area contributed by atoms with Crippen LogP contribution >= 0.6 is 0 Å². The predicted molar refractivity (Wildman–Crippen MR) is 76.7 cm³/mol. The summed E-state index contributed by atoms with van der Waals surface area (Å²) in [5.74, 6) is -1.06. The molecule has 1 unspecified atom stereocenters. The summed E-state index contributed by atoms with van der Waals surface area (Å²) in [6, 6.07) is 5.98. The molecule has 0 amide bonds. The van der Waals surface area contributed by atoms with Gasteiger partial charge < -0.3 is 20.1 Å². The fourth-order valence-corrected chi connectivity index (χ4v) is 2.02. The number of carboxylic acid groups (broad SMARTS) is 1. The van der Waals surface area contributed by atoms with Gasteiger partial charge in [0.25, 0.3) is 0 Å². The Hall–Kier alpha value is -1.37. The zero-order chi connectivity index (χ0) is 15.1. The molecule has 0 spiro atoms.